The normalized spacial score (nSPS) is 11.1. The van der Waals surface area contributed by atoms with Gasteiger partial charge in [-0.15, -0.1) is 0 Å². The lowest BCUT2D eigenvalue weighted by atomic mass is 10.2. The molecule has 2 aromatic heterocycles. The number of ether oxygens (including phenoxy) is 1. The van der Waals surface area contributed by atoms with E-state index >= 15 is 0 Å². The fourth-order valence-electron chi connectivity index (χ4n) is 1.95. The van der Waals surface area contributed by atoms with E-state index in [1.54, 1.807) is 18.4 Å². The number of nitrogens with zero attached hydrogens (tertiary/aromatic N) is 2. The Morgan fingerprint density at radius 1 is 1.47 bits per heavy atom. The Labute approximate surface area is 118 Å². The molecule has 0 aliphatic heterocycles. The van der Waals surface area contributed by atoms with Crippen LogP contribution in [-0.2, 0) is 24.2 Å². The molecule has 1 N–H and O–H groups in total. The second-order valence-corrected chi connectivity index (χ2v) is 5.31. The van der Waals surface area contributed by atoms with E-state index in [0.717, 1.165) is 32.7 Å². The van der Waals surface area contributed by atoms with E-state index in [9.17, 15) is 0 Å². The molecule has 0 atom stereocenters. The SMILES string of the molecule is COCCNCc1cnn(CCc2ccsc2)c1C. The maximum atomic E-state index is 5.01. The first kappa shape index (κ1) is 14.2. The van der Waals surface area contributed by atoms with E-state index in [4.69, 9.17) is 4.74 Å². The van der Waals surface area contributed by atoms with Crippen LogP contribution in [0.5, 0.6) is 0 Å². The first-order chi connectivity index (χ1) is 9.31. The van der Waals surface area contributed by atoms with Gasteiger partial charge in [-0.25, -0.2) is 0 Å². The Morgan fingerprint density at radius 2 is 2.37 bits per heavy atom. The maximum absolute atomic E-state index is 5.01. The van der Waals surface area contributed by atoms with Crippen LogP contribution < -0.4 is 5.32 Å². The molecule has 0 unspecified atom stereocenters. The summed E-state index contributed by atoms with van der Waals surface area (Å²) in [5.41, 5.74) is 3.90. The number of hydrogen-bond donors (Lipinski definition) is 1. The predicted octanol–water partition coefficient (Wildman–Crippen LogP) is 2.23. The third kappa shape index (κ3) is 4.16. The molecular formula is C14H21N3OS. The molecule has 0 saturated carbocycles. The van der Waals surface area contributed by atoms with E-state index in [1.165, 1.54) is 16.8 Å². The van der Waals surface area contributed by atoms with Crippen LogP contribution in [-0.4, -0.2) is 30.0 Å². The summed E-state index contributed by atoms with van der Waals surface area (Å²) in [6, 6.07) is 2.18. The third-order valence-corrected chi connectivity index (χ3v) is 3.93. The van der Waals surface area contributed by atoms with Crippen molar-refractivity contribution < 1.29 is 4.74 Å². The second kappa shape index (κ2) is 7.43. The van der Waals surface area contributed by atoms with E-state index in [2.05, 4.69) is 38.8 Å². The molecule has 5 heteroatoms. The van der Waals surface area contributed by atoms with Crippen molar-refractivity contribution in [2.24, 2.45) is 0 Å². The van der Waals surface area contributed by atoms with Crippen molar-refractivity contribution in [1.29, 1.82) is 0 Å². The Bertz CT molecular complexity index is 479. The van der Waals surface area contributed by atoms with Crippen molar-refractivity contribution in [3.63, 3.8) is 0 Å². The minimum absolute atomic E-state index is 0.741. The van der Waals surface area contributed by atoms with Gasteiger partial charge in [0.15, 0.2) is 0 Å². The van der Waals surface area contributed by atoms with Gasteiger partial charge in [0, 0.05) is 38.0 Å². The molecule has 2 aromatic rings. The van der Waals surface area contributed by atoms with Gasteiger partial charge in [0.25, 0.3) is 0 Å². The van der Waals surface area contributed by atoms with Gasteiger partial charge in [-0.3, -0.25) is 4.68 Å². The van der Waals surface area contributed by atoms with E-state index in [-0.39, 0.29) is 0 Å². The van der Waals surface area contributed by atoms with Gasteiger partial charge < -0.3 is 10.1 Å². The van der Waals surface area contributed by atoms with Crippen molar-refractivity contribution in [3.8, 4) is 0 Å². The zero-order valence-corrected chi connectivity index (χ0v) is 12.4. The smallest absolute Gasteiger partial charge is 0.0587 e. The summed E-state index contributed by atoms with van der Waals surface area (Å²) in [7, 11) is 1.72. The zero-order valence-electron chi connectivity index (χ0n) is 11.6. The predicted molar refractivity (Wildman–Crippen MR) is 78.6 cm³/mol. The lowest BCUT2D eigenvalue weighted by molar-refractivity contribution is 0.199. The molecule has 0 fully saturated rings. The van der Waals surface area contributed by atoms with Crippen molar-refractivity contribution in [1.82, 2.24) is 15.1 Å². The largest absolute Gasteiger partial charge is 0.383 e. The van der Waals surface area contributed by atoms with Crippen LogP contribution in [0.3, 0.4) is 0 Å². The minimum atomic E-state index is 0.741. The van der Waals surface area contributed by atoms with Crippen LogP contribution in [0.25, 0.3) is 0 Å². The van der Waals surface area contributed by atoms with Gasteiger partial charge >= 0.3 is 0 Å². The summed E-state index contributed by atoms with van der Waals surface area (Å²) in [6.45, 7) is 5.55. The monoisotopic (exact) mass is 279 g/mol. The molecule has 0 aliphatic carbocycles. The number of nitrogens with one attached hydrogen (secondary N) is 1. The van der Waals surface area contributed by atoms with E-state index in [1.807, 2.05) is 6.20 Å². The third-order valence-electron chi connectivity index (χ3n) is 3.20. The maximum Gasteiger partial charge on any atom is 0.0587 e. The average Bonchev–Trinajstić information content (AvgIpc) is 3.04. The molecule has 0 aromatic carbocycles. The van der Waals surface area contributed by atoms with Crippen LogP contribution in [0.1, 0.15) is 16.8 Å². The van der Waals surface area contributed by atoms with Gasteiger partial charge in [0.2, 0.25) is 0 Å². The van der Waals surface area contributed by atoms with Gasteiger partial charge in [0.1, 0.15) is 0 Å². The topological polar surface area (TPSA) is 39.1 Å². The standard InChI is InChI=1S/C14H21N3OS/c1-12-14(9-15-5-7-18-2)10-16-17(12)6-3-13-4-8-19-11-13/h4,8,10-11,15H,3,5-7,9H2,1-2H3. The van der Waals surface area contributed by atoms with Crippen LogP contribution in [0.2, 0.25) is 0 Å². The molecule has 0 spiro atoms. The first-order valence-electron chi connectivity index (χ1n) is 6.53. The molecule has 2 rings (SSSR count). The number of hydrogen-bond acceptors (Lipinski definition) is 4. The highest BCUT2D eigenvalue weighted by atomic mass is 32.1. The fourth-order valence-corrected chi connectivity index (χ4v) is 2.65. The van der Waals surface area contributed by atoms with Crippen molar-refractivity contribution in [2.75, 3.05) is 20.3 Å². The van der Waals surface area contributed by atoms with Crippen LogP contribution in [0.4, 0.5) is 0 Å². The Morgan fingerprint density at radius 3 is 3.11 bits per heavy atom. The summed E-state index contributed by atoms with van der Waals surface area (Å²) < 4.78 is 7.10. The van der Waals surface area contributed by atoms with Crippen LogP contribution in [0.15, 0.2) is 23.0 Å². The van der Waals surface area contributed by atoms with Gasteiger partial charge in [-0.05, 0) is 35.7 Å². The average molecular weight is 279 g/mol. The Hall–Kier alpha value is -1.17. The van der Waals surface area contributed by atoms with Crippen molar-refractivity contribution >= 4 is 11.3 Å². The first-order valence-corrected chi connectivity index (χ1v) is 7.47. The summed E-state index contributed by atoms with van der Waals surface area (Å²) in [6.07, 6.45) is 3.01. The Balaban J connectivity index is 1.83. The van der Waals surface area contributed by atoms with Gasteiger partial charge in [-0.1, -0.05) is 0 Å². The van der Waals surface area contributed by atoms with E-state index in [0.29, 0.717) is 0 Å². The summed E-state index contributed by atoms with van der Waals surface area (Å²) in [4.78, 5) is 0. The molecule has 19 heavy (non-hydrogen) atoms. The molecule has 104 valence electrons. The molecule has 0 saturated heterocycles. The number of rotatable bonds is 8. The van der Waals surface area contributed by atoms with Crippen LogP contribution in [0, 0.1) is 6.92 Å². The highest BCUT2D eigenvalue weighted by Gasteiger charge is 2.06. The second-order valence-electron chi connectivity index (χ2n) is 4.53. The molecule has 0 amide bonds. The Kier molecular flexibility index (Phi) is 5.57. The summed E-state index contributed by atoms with van der Waals surface area (Å²) >= 11 is 1.75. The van der Waals surface area contributed by atoms with Gasteiger partial charge in [-0.2, -0.15) is 16.4 Å². The van der Waals surface area contributed by atoms with Crippen LogP contribution >= 0.6 is 11.3 Å². The minimum Gasteiger partial charge on any atom is -0.383 e. The van der Waals surface area contributed by atoms with Crippen molar-refractivity contribution in [2.45, 2.75) is 26.4 Å². The quantitative estimate of drug-likeness (QED) is 0.753. The zero-order chi connectivity index (χ0) is 13.5. The number of aromatic nitrogens is 2. The molecule has 0 radical (unpaired) electrons. The number of methoxy groups -OCH3 is 1. The lowest BCUT2D eigenvalue weighted by Gasteiger charge is -2.06. The highest BCUT2D eigenvalue weighted by Crippen LogP contribution is 2.11. The van der Waals surface area contributed by atoms with Gasteiger partial charge in [0.05, 0.1) is 12.8 Å². The number of thiophene rings is 1. The summed E-state index contributed by atoms with van der Waals surface area (Å²) in [5.74, 6) is 0. The molecule has 2 heterocycles. The molecule has 0 bridgehead atoms. The van der Waals surface area contributed by atoms with Crippen molar-refractivity contribution in [3.05, 3.63) is 39.8 Å². The summed E-state index contributed by atoms with van der Waals surface area (Å²) in [5, 5.41) is 12.1. The van der Waals surface area contributed by atoms with E-state index < -0.39 is 0 Å². The molecule has 4 nitrogen and oxygen atoms in total. The molecule has 0 aliphatic rings. The molecular weight excluding hydrogens is 258 g/mol. The fraction of sp³-hybridized carbons (Fsp3) is 0.500. The number of aryl methyl sites for hydroxylation is 2. The highest BCUT2D eigenvalue weighted by molar-refractivity contribution is 7.07. The lowest BCUT2D eigenvalue weighted by Crippen LogP contribution is -2.19.